The molecule has 2 heterocycles. The Kier molecular flexibility index (Phi) is 5.65. The van der Waals surface area contributed by atoms with E-state index in [-0.39, 0.29) is 19.1 Å². The van der Waals surface area contributed by atoms with Crippen LogP contribution in [0.5, 0.6) is 0 Å². The van der Waals surface area contributed by atoms with Gasteiger partial charge in [-0.1, -0.05) is 18.2 Å². The standard InChI is InChI=1S/C18H21N5O4/c1-27-9-8-22-17(25)14-4-2-3-5-15(14)23(18(22)26)11-13-7-6-12(10-20-13)16(24)21-19/h2-7,10,17,25H,8-9,11,19H2,1H3,(H,21,24). The first-order chi connectivity index (χ1) is 13.1. The molecule has 1 atom stereocenters. The van der Waals surface area contributed by atoms with Crippen molar-refractivity contribution in [3.05, 3.63) is 59.4 Å². The Bertz CT molecular complexity index is 827. The lowest BCUT2D eigenvalue weighted by Gasteiger charge is -2.40. The van der Waals surface area contributed by atoms with E-state index in [2.05, 4.69) is 4.98 Å². The van der Waals surface area contributed by atoms with E-state index in [1.54, 1.807) is 35.2 Å². The van der Waals surface area contributed by atoms with E-state index < -0.39 is 12.1 Å². The quantitative estimate of drug-likeness (QED) is 0.392. The highest BCUT2D eigenvalue weighted by atomic mass is 16.5. The third-order valence-corrected chi connectivity index (χ3v) is 4.35. The average Bonchev–Trinajstić information content (AvgIpc) is 2.71. The number of nitrogens with one attached hydrogen (secondary N) is 1. The second-order valence-corrected chi connectivity index (χ2v) is 6.00. The van der Waals surface area contributed by atoms with Crippen LogP contribution in [0, 0.1) is 0 Å². The van der Waals surface area contributed by atoms with Crippen molar-refractivity contribution >= 4 is 17.6 Å². The van der Waals surface area contributed by atoms with Crippen molar-refractivity contribution in [2.24, 2.45) is 5.84 Å². The van der Waals surface area contributed by atoms with Gasteiger partial charge in [0.25, 0.3) is 5.91 Å². The predicted octanol–water partition coefficient (Wildman–Crippen LogP) is 0.765. The normalized spacial score (nSPS) is 16.3. The van der Waals surface area contributed by atoms with Crippen molar-refractivity contribution in [3.63, 3.8) is 0 Å². The number of rotatable bonds is 6. The summed E-state index contributed by atoms with van der Waals surface area (Å²) in [6, 6.07) is 10.1. The predicted molar refractivity (Wildman–Crippen MR) is 97.5 cm³/mol. The van der Waals surface area contributed by atoms with Crippen LogP contribution in [0.25, 0.3) is 0 Å². The second-order valence-electron chi connectivity index (χ2n) is 6.00. The molecule has 1 aliphatic rings. The second kappa shape index (κ2) is 8.12. The van der Waals surface area contributed by atoms with E-state index in [0.29, 0.717) is 29.1 Å². The monoisotopic (exact) mass is 371 g/mol. The fourth-order valence-electron chi connectivity index (χ4n) is 2.94. The third kappa shape index (κ3) is 3.75. The number of carbonyl (C=O) groups excluding carboxylic acids is 2. The van der Waals surface area contributed by atoms with E-state index in [9.17, 15) is 14.7 Å². The highest BCUT2D eigenvalue weighted by Gasteiger charge is 2.36. The Morgan fingerprint density at radius 3 is 2.78 bits per heavy atom. The number of hydrazine groups is 1. The van der Waals surface area contributed by atoms with Gasteiger partial charge in [0.15, 0.2) is 6.23 Å². The maximum Gasteiger partial charge on any atom is 0.327 e. The SMILES string of the molecule is COCCN1C(=O)N(Cc2ccc(C(=O)NN)cn2)c2ccccc2C1O. The van der Waals surface area contributed by atoms with Gasteiger partial charge >= 0.3 is 6.03 Å². The number of aliphatic hydroxyl groups excluding tert-OH is 1. The number of carbonyl (C=O) groups is 2. The number of methoxy groups -OCH3 is 1. The summed E-state index contributed by atoms with van der Waals surface area (Å²) in [5, 5.41) is 10.6. The lowest BCUT2D eigenvalue weighted by molar-refractivity contribution is 0.0137. The van der Waals surface area contributed by atoms with Gasteiger partial charge in [0.1, 0.15) is 0 Å². The number of aromatic nitrogens is 1. The van der Waals surface area contributed by atoms with Crippen molar-refractivity contribution in [3.8, 4) is 0 Å². The Balaban J connectivity index is 1.89. The maximum atomic E-state index is 13.0. The molecule has 1 unspecified atom stereocenters. The summed E-state index contributed by atoms with van der Waals surface area (Å²) < 4.78 is 5.05. The maximum absolute atomic E-state index is 13.0. The number of anilines is 1. The van der Waals surface area contributed by atoms with Crippen molar-refractivity contribution in [2.45, 2.75) is 12.8 Å². The van der Waals surface area contributed by atoms with Crippen LogP contribution in [0.4, 0.5) is 10.5 Å². The molecule has 1 aromatic carbocycles. The zero-order valence-corrected chi connectivity index (χ0v) is 14.8. The van der Waals surface area contributed by atoms with E-state index in [1.165, 1.54) is 18.2 Å². The number of ether oxygens (including phenoxy) is 1. The van der Waals surface area contributed by atoms with E-state index in [1.807, 2.05) is 11.5 Å². The van der Waals surface area contributed by atoms with Crippen molar-refractivity contribution in [2.75, 3.05) is 25.2 Å². The summed E-state index contributed by atoms with van der Waals surface area (Å²) in [7, 11) is 1.54. The highest BCUT2D eigenvalue weighted by molar-refractivity contribution is 5.95. The van der Waals surface area contributed by atoms with Gasteiger partial charge in [0.05, 0.1) is 30.1 Å². The zero-order chi connectivity index (χ0) is 19.4. The van der Waals surface area contributed by atoms with Crippen molar-refractivity contribution in [1.29, 1.82) is 0 Å². The number of nitrogens with zero attached hydrogens (tertiary/aromatic N) is 3. The molecule has 1 aromatic heterocycles. The Labute approximate surface area is 156 Å². The van der Waals surface area contributed by atoms with Gasteiger partial charge in [0, 0.05) is 25.4 Å². The number of hydrogen-bond acceptors (Lipinski definition) is 6. The van der Waals surface area contributed by atoms with Gasteiger partial charge in [-0.15, -0.1) is 0 Å². The van der Waals surface area contributed by atoms with Crippen LogP contribution in [0.1, 0.15) is 27.8 Å². The number of para-hydroxylation sites is 1. The molecule has 3 amide bonds. The molecule has 1 aliphatic heterocycles. The summed E-state index contributed by atoms with van der Waals surface area (Å²) in [6.07, 6.45) is 0.360. The lowest BCUT2D eigenvalue weighted by atomic mass is 10.1. The molecule has 0 aliphatic carbocycles. The van der Waals surface area contributed by atoms with Crippen LogP contribution in [0.2, 0.25) is 0 Å². The number of nitrogens with two attached hydrogens (primary N) is 1. The van der Waals surface area contributed by atoms with Gasteiger partial charge in [-0.2, -0.15) is 0 Å². The molecule has 9 nitrogen and oxygen atoms in total. The number of amides is 3. The zero-order valence-electron chi connectivity index (χ0n) is 14.8. The largest absolute Gasteiger partial charge is 0.383 e. The smallest absolute Gasteiger partial charge is 0.327 e. The minimum absolute atomic E-state index is 0.191. The number of nitrogen functional groups attached to an aromatic ring is 1. The molecule has 27 heavy (non-hydrogen) atoms. The summed E-state index contributed by atoms with van der Waals surface area (Å²) in [5.74, 6) is 4.67. The molecule has 9 heteroatoms. The molecule has 0 saturated heterocycles. The van der Waals surface area contributed by atoms with Gasteiger partial charge in [-0.05, 0) is 18.2 Å². The molecule has 142 valence electrons. The minimum atomic E-state index is -1.04. The first-order valence-electron chi connectivity index (χ1n) is 8.36. The number of fused-ring (bicyclic) bond motifs is 1. The van der Waals surface area contributed by atoms with Gasteiger partial charge in [-0.3, -0.25) is 25.0 Å². The van der Waals surface area contributed by atoms with Crippen LogP contribution in [-0.2, 0) is 11.3 Å². The fraction of sp³-hybridized carbons (Fsp3) is 0.278. The Morgan fingerprint density at radius 1 is 1.33 bits per heavy atom. The number of benzene rings is 1. The summed E-state index contributed by atoms with van der Waals surface area (Å²) in [4.78, 5) is 31.6. The van der Waals surface area contributed by atoms with Gasteiger partial charge < -0.3 is 9.84 Å². The molecular formula is C18H21N5O4. The summed E-state index contributed by atoms with van der Waals surface area (Å²) in [5.41, 5.74) is 4.21. The number of hydrogen-bond donors (Lipinski definition) is 3. The molecule has 2 aromatic rings. The first kappa shape index (κ1) is 18.8. The molecule has 0 saturated carbocycles. The topological polar surface area (TPSA) is 121 Å². The van der Waals surface area contributed by atoms with E-state index >= 15 is 0 Å². The van der Waals surface area contributed by atoms with Gasteiger partial charge in [0.2, 0.25) is 0 Å². The molecular weight excluding hydrogens is 350 g/mol. The van der Waals surface area contributed by atoms with Gasteiger partial charge in [-0.25, -0.2) is 10.6 Å². The number of urea groups is 1. The molecule has 4 N–H and O–H groups in total. The Hall–Kier alpha value is -3.01. The number of pyridine rings is 1. The molecule has 0 spiro atoms. The highest BCUT2D eigenvalue weighted by Crippen LogP contribution is 2.35. The van der Waals surface area contributed by atoms with Crippen LogP contribution in [0.3, 0.4) is 0 Å². The Morgan fingerprint density at radius 2 is 2.11 bits per heavy atom. The summed E-state index contributed by atoms with van der Waals surface area (Å²) >= 11 is 0. The molecule has 0 fully saturated rings. The minimum Gasteiger partial charge on any atom is -0.383 e. The fourth-order valence-corrected chi connectivity index (χ4v) is 2.94. The van der Waals surface area contributed by atoms with Crippen LogP contribution >= 0.6 is 0 Å². The molecule has 3 rings (SSSR count). The lowest BCUT2D eigenvalue weighted by Crippen LogP contribution is -2.50. The number of aliphatic hydroxyl groups is 1. The van der Waals surface area contributed by atoms with Crippen LogP contribution in [-0.4, -0.2) is 47.2 Å². The van der Waals surface area contributed by atoms with E-state index in [0.717, 1.165) is 0 Å². The molecule has 0 bridgehead atoms. The van der Waals surface area contributed by atoms with E-state index in [4.69, 9.17) is 10.6 Å². The van der Waals surface area contributed by atoms with Crippen LogP contribution < -0.4 is 16.2 Å². The van der Waals surface area contributed by atoms with Crippen molar-refractivity contribution < 1.29 is 19.4 Å². The van der Waals surface area contributed by atoms with Crippen LogP contribution in [0.15, 0.2) is 42.6 Å². The third-order valence-electron chi connectivity index (χ3n) is 4.35. The average molecular weight is 371 g/mol. The summed E-state index contributed by atoms with van der Waals surface area (Å²) in [6.45, 7) is 0.751. The van der Waals surface area contributed by atoms with Crippen molar-refractivity contribution in [1.82, 2.24) is 15.3 Å². The first-order valence-corrected chi connectivity index (χ1v) is 8.36. The molecule has 0 radical (unpaired) electrons.